The fraction of sp³-hybridized carbons (Fsp3) is 0.167. The molecule has 0 saturated heterocycles. The first-order valence-electron chi connectivity index (χ1n) is 7.26. The summed E-state index contributed by atoms with van der Waals surface area (Å²) in [5.74, 6) is 0.730. The Balaban J connectivity index is 2.00. The van der Waals surface area contributed by atoms with E-state index in [1.165, 1.54) is 6.21 Å². The van der Waals surface area contributed by atoms with Crippen LogP contribution in [0.3, 0.4) is 0 Å². The Morgan fingerprint density at radius 3 is 2.75 bits per heavy atom. The van der Waals surface area contributed by atoms with Gasteiger partial charge in [0.1, 0.15) is 13.0 Å². The van der Waals surface area contributed by atoms with Crippen LogP contribution in [0.4, 0.5) is 0 Å². The smallest absolute Gasteiger partial charge is 0.254 e. The van der Waals surface area contributed by atoms with Gasteiger partial charge in [0.15, 0.2) is 11.5 Å². The number of benzene rings is 2. The Morgan fingerprint density at radius 2 is 2.04 bits per heavy atom. The van der Waals surface area contributed by atoms with E-state index >= 15 is 0 Å². The van der Waals surface area contributed by atoms with Crippen molar-refractivity contribution in [1.29, 1.82) is 5.26 Å². The topological polar surface area (TPSA) is 83.7 Å². The van der Waals surface area contributed by atoms with Crippen LogP contribution in [-0.2, 0) is 11.4 Å². The van der Waals surface area contributed by atoms with Crippen molar-refractivity contribution >= 4 is 12.1 Å². The predicted molar refractivity (Wildman–Crippen MR) is 89.7 cm³/mol. The average molecular weight is 323 g/mol. The maximum Gasteiger partial charge on any atom is 0.254 e. The highest BCUT2D eigenvalue weighted by Crippen LogP contribution is 2.28. The highest BCUT2D eigenvalue weighted by Gasteiger charge is 2.05. The second kappa shape index (κ2) is 8.96. The van der Waals surface area contributed by atoms with Crippen LogP contribution in [0.1, 0.15) is 17.5 Å². The van der Waals surface area contributed by atoms with Crippen molar-refractivity contribution in [3.05, 3.63) is 59.7 Å². The summed E-state index contributed by atoms with van der Waals surface area (Å²) >= 11 is 0. The molecule has 0 aromatic heterocycles. The summed E-state index contributed by atoms with van der Waals surface area (Å²) in [6.07, 6.45) is 1.24. The molecule has 24 heavy (non-hydrogen) atoms. The molecule has 2 rings (SSSR count). The predicted octanol–water partition coefficient (Wildman–Crippen LogP) is 2.64. The van der Waals surface area contributed by atoms with Gasteiger partial charge in [0, 0.05) is 0 Å². The number of nitrogens with zero attached hydrogens (tertiary/aromatic N) is 2. The van der Waals surface area contributed by atoms with Crippen molar-refractivity contribution in [1.82, 2.24) is 5.43 Å². The first-order chi connectivity index (χ1) is 11.7. The molecule has 0 bridgehead atoms. The summed E-state index contributed by atoms with van der Waals surface area (Å²) in [5.41, 5.74) is 4.06. The van der Waals surface area contributed by atoms with Crippen molar-refractivity contribution in [2.24, 2.45) is 5.10 Å². The van der Waals surface area contributed by atoms with Crippen LogP contribution in [0.5, 0.6) is 11.5 Å². The van der Waals surface area contributed by atoms with Gasteiger partial charge in [0.2, 0.25) is 0 Å². The number of rotatable bonds is 7. The van der Waals surface area contributed by atoms with E-state index in [4.69, 9.17) is 14.7 Å². The molecule has 0 aliphatic heterocycles. The van der Waals surface area contributed by atoms with E-state index in [2.05, 4.69) is 10.5 Å². The Kier molecular flexibility index (Phi) is 6.35. The summed E-state index contributed by atoms with van der Waals surface area (Å²) in [6, 6.07) is 16.9. The lowest BCUT2D eigenvalue weighted by Crippen LogP contribution is -2.16. The van der Waals surface area contributed by atoms with Crippen molar-refractivity contribution in [3.63, 3.8) is 0 Å². The van der Waals surface area contributed by atoms with Crippen LogP contribution < -0.4 is 14.9 Å². The van der Waals surface area contributed by atoms with Crippen LogP contribution in [0.2, 0.25) is 0 Å². The molecule has 2 aromatic carbocycles. The van der Waals surface area contributed by atoms with E-state index in [9.17, 15) is 4.79 Å². The molecule has 0 aliphatic carbocycles. The number of ether oxygens (including phenoxy) is 2. The molecule has 1 N–H and O–H groups in total. The third-order valence-corrected chi connectivity index (χ3v) is 3.07. The number of hydrazone groups is 1. The second-order valence-electron chi connectivity index (χ2n) is 4.81. The number of nitriles is 1. The third kappa shape index (κ3) is 5.14. The minimum atomic E-state index is -0.455. The zero-order valence-corrected chi connectivity index (χ0v) is 13.2. The number of carbonyl (C=O) groups excluding carboxylic acids is 1. The van der Waals surface area contributed by atoms with E-state index in [0.717, 1.165) is 11.1 Å². The largest absolute Gasteiger partial charge is 0.493 e. The zero-order valence-electron chi connectivity index (χ0n) is 13.2. The van der Waals surface area contributed by atoms with Crippen molar-refractivity contribution < 1.29 is 14.3 Å². The summed E-state index contributed by atoms with van der Waals surface area (Å²) < 4.78 is 11.1. The number of amides is 1. The summed E-state index contributed by atoms with van der Waals surface area (Å²) in [5, 5.41) is 12.2. The van der Waals surface area contributed by atoms with Gasteiger partial charge in [-0.2, -0.15) is 10.4 Å². The minimum Gasteiger partial charge on any atom is -0.493 e. The normalized spacial score (nSPS) is 10.2. The van der Waals surface area contributed by atoms with Crippen molar-refractivity contribution in [2.75, 3.05) is 7.11 Å². The monoisotopic (exact) mass is 323 g/mol. The van der Waals surface area contributed by atoms with Crippen LogP contribution >= 0.6 is 0 Å². The molecule has 122 valence electrons. The Hall–Kier alpha value is -3.33. The maximum absolute atomic E-state index is 11.1. The minimum absolute atomic E-state index is 0.229. The molecule has 0 heterocycles. The lowest BCUT2D eigenvalue weighted by atomic mass is 10.2. The van der Waals surface area contributed by atoms with Gasteiger partial charge in [0.25, 0.3) is 5.91 Å². The molecule has 0 unspecified atom stereocenters. The van der Waals surface area contributed by atoms with Gasteiger partial charge in [-0.25, -0.2) is 5.43 Å². The van der Waals surface area contributed by atoms with E-state index in [0.29, 0.717) is 18.1 Å². The highest BCUT2D eigenvalue weighted by molar-refractivity contribution is 5.83. The van der Waals surface area contributed by atoms with Gasteiger partial charge < -0.3 is 9.47 Å². The number of hydrogen-bond acceptors (Lipinski definition) is 5. The van der Waals surface area contributed by atoms with E-state index in [1.807, 2.05) is 30.3 Å². The molecular weight excluding hydrogens is 306 g/mol. The van der Waals surface area contributed by atoms with Crippen molar-refractivity contribution in [3.8, 4) is 17.6 Å². The summed E-state index contributed by atoms with van der Waals surface area (Å²) in [4.78, 5) is 11.1. The van der Waals surface area contributed by atoms with E-state index in [-0.39, 0.29) is 6.42 Å². The van der Waals surface area contributed by atoms with Gasteiger partial charge in [0.05, 0.1) is 19.4 Å². The second-order valence-corrected chi connectivity index (χ2v) is 4.81. The standard InChI is InChI=1S/C18H17N3O3/c1-23-17-11-15(12-20-21-18(22)9-10-19)7-8-16(17)24-13-14-5-3-2-4-6-14/h2-8,11-12H,9,13H2,1H3,(H,21,22)/b20-12+. The lowest BCUT2D eigenvalue weighted by Gasteiger charge is -2.11. The SMILES string of the molecule is COc1cc(/C=N/NC(=O)CC#N)ccc1OCc1ccccc1. The molecule has 2 aromatic rings. The van der Waals surface area contributed by atoms with Crippen molar-refractivity contribution in [2.45, 2.75) is 13.0 Å². The Labute approximate surface area is 140 Å². The molecule has 0 saturated carbocycles. The summed E-state index contributed by atoms with van der Waals surface area (Å²) in [7, 11) is 1.56. The van der Waals surface area contributed by atoms with E-state index < -0.39 is 5.91 Å². The number of hydrogen-bond donors (Lipinski definition) is 1. The zero-order chi connectivity index (χ0) is 17.2. The average Bonchev–Trinajstić information content (AvgIpc) is 2.61. The Bertz CT molecular complexity index is 752. The molecule has 0 radical (unpaired) electrons. The number of nitrogens with one attached hydrogen (secondary N) is 1. The summed E-state index contributed by atoms with van der Waals surface area (Å²) in [6.45, 7) is 0.439. The number of methoxy groups -OCH3 is 1. The fourth-order valence-electron chi connectivity index (χ4n) is 1.91. The fourth-order valence-corrected chi connectivity index (χ4v) is 1.91. The number of carbonyl (C=O) groups is 1. The first-order valence-corrected chi connectivity index (χ1v) is 7.26. The molecule has 0 spiro atoms. The molecular formula is C18H17N3O3. The van der Waals surface area contributed by atoms with Crippen LogP contribution in [-0.4, -0.2) is 19.2 Å². The highest BCUT2D eigenvalue weighted by atomic mass is 16.5. The molecule has 0 fully saturated rings. The first kappa shape index (κ1) is 17.0. The van der Waals surface area contributed by atoms with Crippen LogP contribution in [0.15, 0.2) is 53.6 Å². The quantitative estimate of drug-likeness (QED) is 0.627. The molecule has 1 amide bonds. The lowest BCUT2D eigenvalue weighted by molar-refractivity contribution is -0.120. The van der Waals surface area contributed by atoms with Gasteiger partial charge >= 0.3 is 0 Å². The van der Waals surface area contributed by atoms with Crippen LogP contribution in [0, 0.1) is 11.3 Å². The van der Waals surface area contributed by atoms with Crippen LogP contribution in [0.25, 0.3) is 0 Å². The molecule has 0 atom stereocenters. The Morgan fingerprint density at radius 1 is 1.25 bits per heavy atom. The molecule has 6 nitrogen and oxygen atoms in total. The third-order valence-electron chi connectivity index (χ3n) is 3.07. The van der Waals surface area contributed by atoms with Gasteiger partial charge in [-0.15, -0.1) is 0 Å². The van der Waals surface area contributed by atoms with Gasteiger partial charge in [-0.1, -0.05) is 30.3 Å². The molecule has 0 aliphatic rings. The van der Waals surface area contributed by atoms with Gasteiger partial charge in [-0.3, -0.25) is 4.79 Å². The van der Waals surface area contributed by atoms with E-state index in [1.54, 1.807) is 31.4 Å². The molecule has 6 heteroatoms. The van der Waals surface area contributed by atoms with Gasteiger partial charge in [-0.05, 0) is 29.3 Å². The maximum atomic E-state index is 11.1.